The van der Waals surface area contributed by atoms with Crippen molar-refractivity contribution in [2.75, 3.05) is 7.05 Å². The summed E-state index contributed by atoms with van der Waals surface area (Å²) in [5.41, 5.74) is 1.12. The summed E-state index contributed by atoms with van der Waals surface area (Å²) in [6.07, 6.45) is 7.15. The number of hydrogen-bond acceptors (Lipinski definition) is 3. The molecule has 3 nitrogen and oxygen atoms in total. The predicted octanol–water partition coefficient (Wildman–Crippen LogP) is 3.32. The number of piperidine rings is 1. The Hall–Kier alpha value is 0.0300. The van der Waals surface area contributed by atoms with E-state index in [0.29, 0.717) is 6.04 Å². The molecule has 2 aliphatic heterocycles. The lowest BCUT2D eigenvalue weighted by molar-refractivity contribution is 0.164. The van der Waals surface area contributed by atoms with Gasteiger partial charge in [-0.1, -0.05) is 0 Å². The van der Waals surface area contributed by atoms with Crippen LogP contribution in [0.25, 0.3) is 0 Å². The summed E-state index contributed by atoms with van der Waals surface area (Å²) in [6.45, 7) is 0.915. The van der Waals surface area contributed by atoms with E-state index in [2.05, 4.69) is 60.2 Å². The van der Waals surface area contributed by atoms with Crippen LogP contribution in [-0.4, -0.2) is 35.1 Å². The van der Waals surface area contributed by atoms with Gasteiger partial charge < -0.3 is 5.32 Å². The van der Waals surface area contributed by atoms with Gasteiger partial charge in [0.2, 0.25) is 0 Å². The molecule has 0 aliphatic carbocycles. The first kappa shape index (κ1) is 14.0. The van der Waals surface area contributed by atoms with Crippen LogP contribution in [0.4, 0.5) is 0 Å². The fourth-order valence-electron chi connectivity index (χ4n) is 3.31. The van der Waals surface area contributed by atoms with Crippen LogP contribution in [0.15, 0.2) is 21.2 Å². The van der Waals surface area contributed by atoms with Gasteiger partial charge in [0.1, 0.15) is 0 Å². The van der Waals surface area contributed by atoms with E-state index in [1.807, 2.05) is 6.20 Å². The average molecular weight is 389 g/mol. The van der Waals surface area contributed by atoms with Gasteiger partial charge in [0.25, 0.3) is 0 Å². The van der Waals surface area contributed by atoms with E-state index in [1.54, 1.807) is 0 Å². The number of rotatable bonds is 3. The highest BCUT2D eigenvalue weighted by atomic mass is 79.9. The summed E-state index contributed by atoms with van der Waals surface area (Å²) >= 11 is 7.05. The molecule has 2 atom stereocenters. The van der Waals surface area contributed by atoms with Crippen LogP contribution in [-0.2, 0) is 6.54 Å². The van der Waals surface area contributed by atoms with E-state index < -0.39 is 0 Å². The lowest BCUT2D eigenvalue weighted by Crippen LogP contribution is -2.46. The van der Waals surface area contributed by atoms with E-state index in [9.17, 15) is 0 Å². The Labute approximate surface area is 131 Å². The van der Waals surface area contributed by atoms with Crippen molar-refractivity contribution >= 4 is 31.9 Å². The molecule has 1 aromatic rings. The zero-order valence-electron chi connectivity index (χ0n) is 11.1. The van der Waals surface area contributed by atoms with Gasteiger partial charge in [-0.25, -0.2) is 0 Å². The highest BCUT2D eigenvalue weighted by molar-refractivity contribution is 9.11. The topological polar surface area (TPSA) is 28.2 Å². The third kappa shape index (κ3) is 3.20. The molecule has 2 bridgehead atoms. The van der Waals surface area contributed by atoms with E-state index in [-0.39, 0.29) is 0 Å². The summed E-state index contributed by atoms with van der Waals surface area (Å²) in [7, 11) is 2.23. The Kier molecular flexibility index (Phi) is 4.27. The molecule has 1 aromatic heterocycles. The first-order valence-corrected chi connectivity index (χ1v) is 8.46. The number of fused-ring (bicyclic) bond motifs is 2. The van der Waals surface area contributed by atoms with Crippen LogP contribution in [0.1, 0.15) is 31.4 Å². The van der Waals surface area contributed by atoms with Crippen LogP contribution >= 0.6 is 31.9 Å². The molecule has 2 unspecified atom stereocenters. The largest absolute Gasteiger partial charge is 0.311 e. The predicted molar refractivity (Wildman–Crippen MR) is 84.1 cm³/mol. The molecule has 3 rings (SSSR count). The standard InChI is InChI=1S/C14H19Br2N3/c1-19(8-14-13(16)4-9(15)7-17-14)12-5-10-2-3-11(6-12)18-10/h4,7,10-12,18H,2-3,5-6,8H2,1H3. The molecule has 19 heavy (non-hydrogen) atoms. The Morgan fingerprint density at radius 3 is 2.63 bits per heavy atom. The lowest BCUT2D eigenvalue weighted by Gasteiger charge is -2.35. The van der Waals surface area contributed by atoms with Crippen molar-refractivity contribution in [3.05, 3.63) is 26.9 Å². The SMILES string of the molecule is CN(Cc1ncc(Br)cc1Br)C1CC2CCC(C1)N2. The number of hydrogen-bond donors (Lipinski definition) is 1. The second-order valence-electron chi connectivity index (χ2n) is 5.76. The summed E-state index contributed by atoms with van der Waals surface area (Å²) in [6, 6.07) is 4.25. The Bertz CT molecular complexity index is 454. The van der Waals surface area contributed by atoms with Crippen molar-refractivity contribution in [3.8, 4) is 0 Å². The molecule has 0 aromatic carbocycles. The van der Waals surface area contributed by atoms with E-state index in [1.165, 1.54) is 25.7 Å². The maximum atomic E-state index is 4.52. The van der Waals surface area contributed by atoms with Gasteiger partial charge >= 0.3 is 0 Å². The lowest BCUT2D eigenvalue weighted by atomic mass is 9.98. The molecule has 2 aliphatic rings. The van der Waals surface area contributed by atoms with Crippen LogP contribution in [0, 0.1) is 0 Å². The first-order chi connectivity index (χ1) is 9.11. The molecule has 5 heteroatoms. The molecule has 3 heterocycles. The number of halogens is 2. The number of nitrogens with one attached hydrogen (secondary N) is 1. The second kappa shape index (κ2) is 5.80. The molecule has 0 saturated carbocycles. The molecule has 0 spiro atoms. The maximum absolute atomic E-state index is 4.52. The normalized spacial score (nSPS) is 30.0. The third-order valence-corrected chi connectivity index (χ3v) is 5.47. The highest BCUT2D eigenvalue weighted by Gasteiger charge is 2.35. The van der Waals surface area contributed by atoms with Gasteiger partial charge in [-0.2, -0.15) is 0 Å². The molecular formula is C14H19Br2N3. The van der Waals surface area contributed by atoms with Crippen molar-refractivity contribution in [2.45, 2.75) is 50.4 Å². The van der Waals surface area contributed by atoms with E-state index >= 15 is 0 Å². The van der Waals surface area contributed by atoms with Crippen molar-refractivity contribution in [1.82, 2.24) is 15.2 Å². The average Bonchev–Trinajstić information content (AvgIpc) is 2.71. The summed E-state index contributed by atoms with van der Waals surface area (Å²) < 4.78 is 2.11. The van der Waals surface area contributed by atoms with Crippen molar-refractivity contribution in [1.29, 1.82) is 0 Å². The van der Waals surface area contributed by atoms with Gasteiger partial charge in [-0.05, 0) is 70.7 Å². The minimum Gasteiger partial charge on any atom is -0.311 e. The second-order valence-corrected chi connectivity index (χ2v) is 7.53. The van der Waals surface area contributed by atoms with Gasteiger partial charge in [-0.15, -0.1) is 0 Å². The van der Waals surface area contributed by atoms with Crippen LogP contribution in [0.3, 0.4) is 0 Å². The zero-order valence-corrected chi connectivity index (χ0v) is 14.2. The molecule has 104 valence electrons. The van der Waals surface area contributed by atoms with E-state index in [0.717, 1.165) is 33.3 Å². The van der Waals surface area contributed by atoms with Gasteiger partial charge in [0.15, 0.2) is 0 Å². The summed E-state index contributed by atoms with van der Waals surface area (Å²) in [5, 5.41) is 3.70. The van der Waals surface area contributed by atoms with Gasteiger partial charge in [-0.3, -0.25) is 9.88 Å². The smallest absolute Gasteiger partial charge is 0.0686 e. The minimum atomic E-state index is 0.691. The van der Waals surface area contributed by atoms with Gasteiger partial charge in [0, 0.05) is 39.8 Å². The third-order valence-electron chi connectivity index (χ3n) is 4.35. The number of aromatic nitrogens is 1. The number of nitrogens with zero attached hydrogens (tertiary/aromatic N) is 2. The Balaban J connectivity index is 1.66. The summed E-state index contributed by atoms with van der Waals surface area (Å²) in [4.78, 5) is 6.98. The van der Waals surface area contributed by atoms with Crippen LogP contribution in [0.5, 0.6) is 0 Å². The van der Waals surface area contributed by atoms with Gasteiger partial charge in [0.05, 0.1) is 5.69 Å². The van der Waals surface area contributed by atoms with E-state index in [4.69, 9.17) is 0 Å². The van der Waals surface area contributed by atoms with Crippen molar-refractivity contribution in [2.24, 2.45) is 0 Å². The monoisotopic (exact) mass is 387 g/mol. The summed E-state index contributed by atoms with van der Waals surface area (Å²) in [5.74, 6) is 0. The Morgan fingerprint density at radius 1 is 1.32 bits per heavy atom. The molecule has 1 N–H and O–H groups in total. The fourth-order valence-corrected chi connectivity index (χ4v) is 4.42. The molecule has 0 amide bonds. The minimum absolute atomic E-state index is 0.691. The highest BCUT2D eigenvalue weighted by Crippen LogP contribution is 2.30. The fraction of sp³-hybridized carbons (Fsp3) is 0.643. The molecule has 2 fully saturated rings. The quantitative estimate of drug-likeness (QED) is 0.860. The number of pyridine rings is 1. The maximum Gasteiger partial charge on any atom is 0.0686 e. The first-order valence-electron chi connectivity index (χ1n) is 6.88. The Morgan fingerprint density at radius 2 is 2.00 bits per heavy atom. The van der Waals surface area contributed by atoms with Crippen molar-refractivity contribution in [3.63, 3.8) is 0 Å². The zero-order chi connectivity index (χ0) is 13.4. The molecular weight excluding hydrogens is 370 g/mol. The molecule has 2 saturated heterocycles. The molecule has 0 radical (unpaired) electrons. The van der Waals surface area contributed by atoms with Crippen LogP contribution < -0.4 is 5.32 Å². The van der Waals surface area contributed by atoms with Crippen molar-refractivity contribution < 1.29 is 0 Å². The van der Waals surface area contributed by atoms with Crippen LogP contribution in [0.2, 0.25) is 0 Å².